The lowest BCUT2D eigenvalue weighted by Crippen LogP contribution is -2.26. The van der Waals surface area contributed by atoms with Crippen LogP contribution in [0.3, 0.4) is 0 Å². The molecule has 10 nitrogen and oxygen atoms in total. The molecule has 0 spiro atoms. The highest BCUT2D eigenvalue weighted by Crippen LogP contribution is 2.22. The number of fused-ring (bicyclic) bond motifs is 1. The van der Waals surface area contributed by atoms with Crippen LogP contribution in [0.25, 0.3) is 10.9 Å². The molecule has 0 radical (unpaired) electrons. The van der Waals surface area contributed by atoms with E-state index >= 15 is 0 Å². The number of aromatic nitrogens is 4. The summed E-state index contributed by atoms with van der Waals surface area (Å²) in [6.45, 7) is 2.07. The number of aryl methyl sites for hydroxylation is 1. The van der Waals surface area contributed by atoms with Gasteiger partial charge in [0.05, 0.1) is 6.42 Å². The van der Waals surface area contributed by atoms with E-state index in [0.717, 1.165) is 16.5 Å². The van der Waals surface area contributed by atoms with Crippen molar-refractivity contribution < 1.29 is 18.6 Å². The minimum Gasteiger partial charge on any atom is -0.361 e. The van der Waals surface area contributed by atoms with Crippen LogP contribution in [0, 0.1) is 6.92 Å². The Morgan fingerprint density at radius 3 is 2.87 bits per heavy atom. The Morgan fingerprint density at radius 1 is 1.20 bits per heavy atom. The fourth-order valence-corrected chi connectivity index (χ4v) is 3.09. The highest BCUT2D eigenvalue weighted by molar-refractivity contribution is 6.31. The van der Waals surface area contributed by atoms with Crippen molar-refractivity contribution in [3.8, 4) is 0 Å². The molecule has 4 rings (SSSR count). The second-order valence-electron chi connectivity index (χ2n) is 6.57. The van der Waals surface area contributed by atoms with Crippen LogP contribution in [0.4, 0.5) is 5.82 Å². The second kappa shape index (κ2) is 8.37. The van der Waals surface area contributed by atoms with Crippen LogP contribution >= 0.6 is 11.6 Å². The van der Waals surface area contributed by atoms with E-state index in [-0.39, 0.29) is 24.0 Å². The lowest BCUT2D eigenvalue weighted by molar-refractivity contribution is -0.115. The molecule has 0 saturated carbocycles. The molecule has 0 aliphatic heterocycles. The molecule has 0 fully saturated rings. The lowest BCUT2D eigenvalue weighted by atomic mass is 10.1. The average Bonchev–Trinajstić information content (AvgIpc) is 3.42. The number of halogens is 1. The van der Waals surface area contributed by atoms with Gasteiger partial charge < -0.3 is 24.7 Å². The Balaban J connectivity index is 1.29. The Hall–Kier alpha value is -3.66. The Morgan fingerprint density at radius 2 is 2.07 bits per heavy atom. The van der Waals surface area contributed by atoms with Crippen molar-refractivity contribution in [2.75, 3.05) is 11.9 Å². The van der Waals surface area contributed by atoms with Gasteiger partial charge in [0.1, 0.15) is 5.76 Å². The maximum absolute atomic E-state index is 12.2. The van der Waals surface area contributed by atoms with Crippen LogP contribution in [-0.4, -0.2) is 38.6 Å². The summed E-state index contributed by atoms with van der Waals surface area (Å²) in [6.07, 6.45) is 2.30. The van der Waals surface area contributed by atoms with Crippen LogP contribution < -0.4 is 10.6 Å². The van der Waals surface area contributed by atoms with E-state index in [1.807, 2.05) is 24.4 Å². The monoisotopic (exact) mass is 428 g/mol. The molecule has 154 valence electrons. The first-order valence-corrected chi connectivity index (χ1v) is 9.45. The summed E-state index contributed by atoms with van der Waals surface area (Å²) in [6, 6.07) is 7.17. The first-order valence-electron chi connectivity index (χ1n) is 9.07. The van der Waals surface area contributed by atoms with Crippen LogP contribution in [-0.2, 0) is 17.6 Å². The lowest BCUT2D eigenvalue weighted by Gasteiger charge is -2.02. The predicted octanol–water partition coefficient (Wildman–Crippen LogP) is 2.65. The fourth-order valence-electron chi connectivity index (χ4n) is 2.92. The van der Waals surface area contributed by atoms with E-state index in [0.29, 0.717) is 23.7 Å². The zero-order valence-electron chi connectivity index (χ0n) is 15.9. The first-order chi connectivity index (χ1) is 14.5. The Kier molecular flexibility index (Phi) is 5.48. The van der Waals surface area contributed by atoms with E-state index < -0.39 is 11.8 Å². The first kappa shape index (κ1) is 19.6. The van der Waals surface area contributed by atoms with E-state index in [1.54, 1.807) is 13.0 Å². The van der Waals surface area contributed by atoms with Gasteiger partial charge in [-0.15, -0.1) is 0 Å². The van der Waals surface area contributed by atoms with Gasteiger partial charge in [0, 0.05) is 34.7 Å². The standard InChI is InChI=1S/C19H17ClN6O4/c1-10-6-15(25-29-10)23-17(27)8-16-24-19(30-26-16)18(28)21-5-4-11-9-22-14-3-2-12(20)7-13(11)14/h2-3,6-7,9,22H,4-5,8H2,1H3,(H,21,28)(H,23,25,27). The number of nitrogens with zero attached hydrogens (tertiary/aromatic N) is 3. The highest BCUT2D eigenvalue weighted by Gasteiger charge is 2.17. The van der Waals surface area contributed by atoms with Crippen molar-refractivity contribution in [3.63, 3.8) is 0 Å². The van der Waals surface area contributed by atoms with Gasteiger partial charge >= 0.3 is 11.8 Å². The number of nitrogens with one attached hydrogen (secondary N) is 3. The molecule has 0 aliphatic carbocycles. The molecule has 0 aliphatic rings. The molecule has 0 bridgehead atoms. The summed E-state index contributed by atoms with van der Waals surface area (Å²) in [5.74, 6) is -0.188. The van der Waals surface area contributed by atoms with Gasteiger partial charge in [-0.2, -0.15) is 4.98 Å². The zero-order valence-corrected chi connectivity index (χ0v) is 16.6. The number of aromatic amines is 1. The van der Waals surface area contributed by atoms with Crippen molar-refractivity contribution >= 4 is 40.1 Å². The molecule has 2 amide bonds. The third-order valence-corrected chi connectivity index (χ3v) is 4.52. The SMILES string of the molecule is Cc1cc(NC(=O)Cc2noc(C(=O)NCCc3c[nH]c4ccc(Cl)cc34)n2)no1. The van der Waals surface area contributed by atoms with Gasteiger partial charge in [-0.25, -0.2) is 0 Å². The molecule has 0 atom stereocenters. The fraction of sp³-hybridized carbons (Fsp3) is 0.211. The summed E-state index contributed by atoms with van der Waals surface area (Å²) in [7, 11) is 0. The van der Waals surface area contributed by atoms with Gasteiger partial charge in [0.15, 0.2) is 11.6 Å². The summed E-state index contributed by atoms with van der Waals surface area (Å²) in [4.78, 5) is 31.3. The number of anilines is 1. The predicted molar refractivity (Wildman–Crippen MR) is 107 cm³/mol. The number of hydrogen-bond donors (Lipinski definition) is 3. The Labute approximate surface area is 175 Å². The normalized spacial score (nSPS) is 11.0. The van der Waals surface area contributed by atoms with Gasteiger partial charge in [-0.05, 0) is 37.1 Å². The van der Waals surface area contributed by atoms with E-state index in [2.05, 4.69) is 30.9 Å². The molecule has 3 aromatic heterocycles. The molecule has 3 N–H and O–H groups in total. The van der Waals surface area contributed by atoms with Gasteiger partial charge in [0.25, 0.3) is 0 Å². The maximum Gasteiger partial charge on any atom is 0.315 e. The molecule has 30 heavy (non-hydrogen) atoms. The second-order valence-corrected chi connectivity index (χ2v) is 7.01. The van der Waals surface area contributed by atoms with Crippen molar-refractivity contribution in [2.24, 2.45) is 0 Å². The van der Waals surface area contributed by atoms with Crippen LogP contribution in [0.15, 0.2) is 39.5 Å². The number of carbonyl (C=O) groups is 2. The van der Waals surface area contributed by atoms with Crippen LogP contribution in [0.2, 0.25) is 5.02 Å². The quantitative estimate of drug-likeness (QED) is 0.411. The molecular weight excluding hydrogens is 412 g/mol. The van der Waals surface area contributed by atoms with Gasteiger partial charge in [0.2, 0.25) is 5.91 Å². The molecular formula is C19H17ClN6O4. The molecule has 1 aromatic carbocycles. The third-order valence-electron chi connectivity index (χ3n) is 4.29. The largest absolute Gasteiger partial charge is 0.361 e. The zero-order chi connectivity index (χ0) is 21.1. The summed E-state index contributed by atoms with van der Waals surface area (Å²) >= 11 is 6.05. The minimum absolute atomic E-state index is 0.0872. The molecule has 4 aromatic rings. The summed E-state index contributed by atoms with van der Waals surface area (Å²) in [5, 5.41) is 14.2. The Bertz CT molecular complexity index is 1210. The molecule has 11 heteroatoms. The number of amides is 2. The van der Waals surface area contributed by atoms with E-state index in [4.69, 9.17) is 20.6 Å². The highest BCUT2D eigenvalue weighted by atomic mass is 35.5. The molecule has 0 unspecified atom stereocenters. The van der Waals surface area contributed by atoms with Gasteiger partial charge in [-0.1, -0.05) is 21.9 Å². The van der Waals surface area contributed by atoms with Crippen molar-refractivity contribution in [1.82, 2.24) is 25.6 Å². The van der Waals surface area contributed by atoms with Crippen LogP contribution in [0.1, 0.15) is 27.8 Å². The third kappa shape index (κ3) is 4.49. The molecule has 0 saturated heterocycles. The number of hydrogen-bond acceptors (Lipinski definition) is 7. The van der Waals surface area contributed by atoms with Gasteiger partial charge in [-0.3, -0.25) is 9.59 Å². The van der Waals surface area contributed by atoms with Crippen molar-refractivity contribution in [2.45, 2.75) is 19.8 Å². The van der Waals surface area contributed by atoms with Crippen LogP contribution in [0.5, 0.6) is 0 Å². The smallest absolute Gasteiger partial charge is 0.315 e. The van der Waals surface area contributed by atoms with Crippen molar-refractivity contribution in [3.05, 3.63) is 58.5 Å². The summed E-state index contributed by atoms with van der Waals surface area (Å²) < 4.78 is 9.81. The number of benzene rings is 1. The van der Waals surface area contributed by atoms with E-state index in [9.17, 15) is 9.59 Å². The maximum atomic E-state index is 12.2. The minimum atomic E-state index is -0.515. The number of rotatable bonds is 7. The summed E-state index contributed by atoms with van der Waals surface area (Å²) in [5.41, 5.74) is 2.00. The van der Waals surface area contributed by atoms with Crippen molar-refractivity contribution in [1.29, 1.82) is 0 Å². The molecule has 3 heterocycles. The average molecular weight is 429 g/mol. The topological polar surface area (TPSA) is 139 Å². The number of carbonyl (C=O) groups excluding carboxylic acids is 2. The number of H-pyrrole nitrogens is 1. The van der Waals surface area contributed by atoms with E-state index in [1.165, 1.54) is 0 Å².